The topological polar surface area (TPSA) is 92.5 Å². The fraction of sp³-hybridized carbons (Fsp3) is 0.412. The highest BCUT2D eigenvalue weighted by Crippen LogP contribution is 2.15. The van der Waals surface area contributed by atoms with Crippen molar-refractivity contribution in [2.45, 2.75) is 31.6 Å². The van der Waals surface area contributed by atoms with E-state index in [1.165, 1.54) is 17.0 Å². The minimum Gasteiger partial charge on any atom is -0.361 e. The van der Waals surface area contributed by atoms with Crippen LogP contribution >= 0.6 is 0 Å². The van der Waals surface area contributed by atoms with Gasteiger partial charge in [-0.3, -0.25) is 4.79 Å². The molecular formula is C17H23N3O4S. The Bertz CT molecular complexity index is 837. The molecule has 0 aliphatic carbocycles. The molecule has 0 fully saturated rings. The number of sulfonamides is 1. The Labute approximate surface area is 148 Å². The number of aromatic nitrogens is 1. The van der Waals surface area contributed by atoms with Gasteiger partial charge in [-0.25, -0.2) is 13.1 Å². The van der Waals surface area contributed by atoms with E-state index in [1.807, 2.05) is 13.8 Å². The quantitative estimate of drug-likeness (QED) is 0.757. The number of carbonyl (C=O) groups is 1. The minimum absolute atomic E-state index is 0.0811. The first-order valence-corrected chi connectivity index (χ1v) is 9.44. The Morgan fingerprint density at radius 2 is 2.00 bits per heavy atom. The monoisotopic (exact) mass is 365 g/mol. The van der Waals surface area contributed by atoms with E-state index in [2.05, 4.69) is 9.88 Å². The SMILES string of the molecule is Cc1noc(C)c1CCCNS(=O)(=O)c1cccc(C(=O)N(C)C)c1. The molecule has 8 heteroatoms. The molecule has 0 spiro atoms. The summed E-state index contributed by atoms with van der Waals surface area (Å²) in [6.07, 6.45) is 1.31. The predicted octanol–water partition coefficient (Wildman–Crippen LogP) is 1.90. The van der Waals surface area contributed by atoms with Crippen molar-refractivity contribution in [1.82, 2.24) is 14.8 Å². The smallest absolute Gasteiger partial charge is 0.253 e. The number of carbonyl (C=O) groups excluding carboxylic acids is 1. The van der Waals surface area contributed by atoms with Gasteiger partial charge in [0, 0.05) is 31.8 Å². The maximum Gasteiger partial charge on any atom is 0.253 e. The zero-order valence-corrected chi connectivity index (χ0v) is 15.7. The van der Waals surface area contributed by atoms with Gasteiger partial charge in [-0.1, -0.05) is 11.2 Å². The zero-order valence-electron chi connectivity index (χ0n) is 14.9. The van der Waals surface area contributed by atoms with Crippen LogP contribution in [0.25, 0.3) is 0 Å². The standard InChI is InChI=1S/C17H23N3O4S/c1-12-16(13(2)24-19-12)9-6-10-18-25(22,23)15-8-5-7-14(11-15)17(21)20(3)4/h5,7-8,11,18H,6,9-10H2,1-4H3. The summed E-state index contributed by atoms with van der Waals surface area (Å²) in [4.78, 5) is 13.5. The average Bonchev–Trinajstić information content (AvgIpc) is 2.89. The van der Waals surface area contributed by atoms with Gasteiger partial charge in [0.05, 0.1) is 10.6 Å². The van der Waals surface area contributed by atoms with Crippen LogP contribution in [0.2, 0.25) is 0 Å². The molecule has 0 unspecified atom stereocenters. The Hall–Kier alpha value is -2.19. The lowest BCUT2D eigenvalue weighted by molar-refractivity contribution is 0.0827. The third-order valence-corrected chi connectivity index (χ3v) is 5.33. The van der Waals surface area contributed by atoms with Crippen LogP contribution in [0.1, 0.15) is 33.8 Å². The predicted molar refractivity (Wildman–Crippen MR) is 93.9 cm³/mol. The third-order valence-electron chi connectivity index (χ3n) is 3.87. The van der Waals surface area contributed by atoms with Gasteiger partial charge in [0.15, 0.2) is 0 Å². The Morgan fingerprint density at radius 3 is 2.60 bits per heavy atom. The van der Waals surface area contributed by atoms with Crippen molar-refractivity contribution in [2.75, 3.05) is 20.6 Å². The number of nitrogens with zero attached hydrogens (tertiary/aromatic N) is 2. The van der Waals surface area contributed by atoms with Crippen LogP contribution in [-0.4, -0.2) is 45.0 Å². The largest absolute Gasteiger partial charge is 0.361 e. The van der Waals surface area contributed by atoms with Gasteiger partial charge in [-0.05, 0) is 44.9 Å². The lowest BCUT2D eigenvalue weighted by atomic mass is 10.1. The van der Waals surface area contributed by atoms with Crippen LogP contribution in [-0.2, 0) is 16.4 Å². The lowest BCUT2D eigenvalue weighted by Crippen LogP contribution is -2.26. The molecule has 1 heterocycles. The molecule has 0 radical (unpaired) electrons. The van der Waals surface area contributed by atoms with Crippen LogP contribution in [0.4, 0.5) is 0 Å². The van der Waals surface area contributed by atoms with E-state index in [0.29, 0.717) is 18.4 Å². The second kappa shape index (κ2) is 7.79. The fourth-order valence-corrected chi connectivity index (χ4v) is 3.59. The molecule has 25 heavy (non-hydrogen) atoms. The molecule has 0 saturated heterocycles. The van der Waals surface area contributed by atoms with Crippen molar-refractivity contribution >= 4 is 15.9 Å². The van der Waals surface area contributed by atoms with E-state index < -0.39 is 10.0 Å². The molecule has 1 N–H and O–H groups in total. The van der Waals surface area contributed by atoms with Crippen molar-refractivity contribution in [1.29, 1.82) is 0 Å². The molecule has 7 nitrogen and oxygen atoms in total. The molecule has 0 atom stereocenters. The molecule has 136 valence electrons. The number of aryl methyl sites for hydroxylation is 2. The molecule has 0 bridgehead atoms. The summed E-state index contributed by atoms with van der Waals surface area (Å²) in [5, 5.41) is 3.88. The van der Waals surface area contributed by atoms with Gasteiger partial charge >= 0.3 is 0 Å². The second-order valence-electron chi connectivity index (χ2n) is 6.03. The highest BCUT2D eigenvalue weighted by molar-refractivity contribution is 7.89. The Morgan fingerprint density at radius 1 is 1.28 bits per heavy atom. The van der Waals surface area contributed by atoms with Crippen molar-refractivity contribution < 1.29 is 17.7 Å². The molecular weight excluding hydrogens is 342 g/mol. The normalized spacial score (nSPS) is 11.5. The lowest BCUT2D eigenvalue weighted by Gasteiger charge is -2.12. The molecule has 0 saturated carbocycles. The maximum absolute atomic E-state index is 12.4. The molecule has 0 aliphatic rings. The molecule has 1 amide bonds. The third kappa shape index (κ3) is 4.67. The fourth-order valence-electron chi connectivity index (χ4n) is 2.47. The van der Waals surface area contributed by atoms with Gasteiger partial charge < -0.3 is 9.42 Å². The molecule has 0 aliphatic heterocycles. The van der Waals surface area contributed by atoms with Crippen LogP contribution in [0.3, 0.4) is 0 Å². The summed E-state index contributed by atoms with van der Waals surface area (Å²) < 4.78 is 32.5. The maximum atomic E-state index is 12.4. The summed E-state index contributed by atoms with van der Waals surface area (Å²) in [5.74, 6) is 0.519. The van der Waals surface area contributed by atoms with Crippen LogP contribution in [0.15, 0.2) is 33.7 Å². The highest BCUT2D eigenvalue weighted by Gasteiger charge is 2.17. The number of rotatable bonds is 7. The summed E-state index contributed by atoms with van der Waals surface area (Å²) in [7, 11) is -0.420. The van der Waals surface area contributed by atoms with Crippen LogP contribution in [0, 0.1) is 13.8 Å². The number of nitrogens with one attached hydrogen (secondary N) is 1. The van der Waals surface area contributed by atoms with E-state index in [9.17, 15) is 13.2 Å². The summed E-state index contributed by atoms with van der Waals surface area (Å²) >= 11 is 0. The summed E-state index contributed by atoms with van der Waals surface area (Å²) in [6.45, 7) is 3.99. The van der Waals surface area contributed by atoms with Gasteiger partial charge in [-0.2, -0.15) is 0 Å². The number of amides is 1. The van der Waals surface area contributed by atoms with Crippen molar-refractivity contribution in [3.8, 4) is 0 Å². The van der Waals surface area contributed by atoms with Gasteiger partial charge in [-0.15, -0.1) is 0 Å². The molecule has 2 rings (SSSR count). The molecule has 1 aromatic heterocycles. The highest BCUT2D eigenvalue weighted by atomic mass is 32.2. The van der Waals surface area contributed by atoms with E-state index >= 15 is 0 Å². The van der Waals surface area contributed by atoms with E-state index in [1.54, 1.807) is 26.2 Å². The van der Waals surface area contributed by atoms with Crippen LogP contribution < -0.4 is 4.72 Å². The second-order valence-corrected chi connectivity index (χ2v) is 7.80. The van der Waals surface area contributed by atoms with Gasteiger partial charge in [0.2, 0.25) is 10.0 Å². The minimum atomic E-state index is -3.66. The van der Waals surface area contributed by atoms with Gasteiger partial charge in [0.1, 0.15) is 5.76 Å². The van der Waals surface area contributed by atoms with E-state index in [4.69, 9.17) is 4.52 Å². The van der Waals surface area contributed by atoms with Crippen molar-refractivity contribution in [2.24, 2.45) is 0 Å². The summed E-state index contributed by atoms with van der Waals surface area (Å²) in [6, 6.07) is 6.02. The first kappa shape index (κ1) is 19.1. The number of hydrogen-bond donors (Lipinski definition) is 1. The van der Waals surface area contributed by atoms with Crippen molar-refractivity contribution in [3.63, 3.8) is 0 Å². The van der Waals surface area contributed by atoms with Gasteiger partial charge in [0.25, 0.3) is 5.91 Å². The van der Waals surface area contributed by atoms with E-state index in [0.717, 1.165) is 17.0 Å². The number of hydrogen-bond acceptors (Lipinski definition) is 5. The zero-order chi connectivity index (χ0) is 18.6. The van der Waals surface area contributed by atoms with Crippen molar-refractivity contribution in [3.05, 3.63) is 46.8 Å². The average molecular weight is 365 g/mol. The Kier molecular flexibility index (Phi) is 5.97. The first-order chi connectivity index (χ1) is 11.7. The van der Waals surface area contributed by atoms with E-state index in [-0.39, 0.29) is 17.3 Å². The summed E-state index contributed by atoms with van der Waals surface area (Å²) in [5.41, 5.74) is 2.18. The molecule has 1 aromatic carbocycles. The first-order valence-electron chi connectivity index (χ1n) is 7.95. The Balaban J connectivity index is 2.00. The number of benzene rings is 1. The van der Waals surface area contributed by atoms with Crippen LogP contribution in [0.5, 0.6) is 0 Å². The molecule has 2 aromatic rings.